The molecule has 0 atom stereocenters. The SMILES string of the molecule is Cc1c(Cl)cccc1NC(=O)Nc1cnn(CCO)c1. The van der Waals surface area contributed by atoms with Crippen molar-refractivity contribution in [2.45, 2.75) is 13.5 Å². The molecule has 0 bridgehead atoms. The molecule has 1 heterocycles. The van der Waals surface area contributed by atoms with Crippen LogP contribution in [-0.2, 0) is 6.54 Å². The molecule has 0 fully saturated rings. The number of hydrogen-bond acceptors (Lipinski definition) is 3. The number of carbonyl (C=O) groups excluding carboxylic acids is 1. The fraction of sp³-hybridized carbons (Fsp3) is 0.231. The molecule has 0 radical (unpaired) electrons. The van der Waals surface area contributed by atoms with Crippen LogP contribution in [0, 0.1) is 6.92 Å². The van der Waals surface area contributed by atoms with Crippen molar-refractivity contribution in [3.63, 3.8) is 0 Å². The summed E-state index contributed by atoms with van der Waals surface area (Å²) in [6.45, 7) is 2.21. The van der Waals surface area contributed by atoms with Gasteiger partial charge in [0.05, 0.1) is 25.0 Å². The van der Waals surface area contributed by atoms with Crippen LogP contribution >= 0.6 is 11.6 Å². The van der Waals surface area contributed by atoms with E-state index in [1.54, 1.807) is 29.1 Å². The second-order valence-electron chi connectivity index (χ2n) is 4.21. The predicted octanol–water partition coefficient (Wildman–Crippen LogP) is 2.48. The molecule has 0 saturated heterocycles. The van der Waals surface area contributed by atoms with Gasteiger partial charge < -0.3 is 15.7 Å². The van der Waals surface area contributed by atoms with Gasteiger partial charge in [-0.25, -0.2) is 4.79 Å². The molecule has 1 aromatic heterocycles. The molecule has 2 rings (SSSR count). The van der Waals surface area contributed by atoms with Gasteiger partial charge in [0.15, 0.2) is 0 Å². The molecular formula is C13H15ClN4O2. The summed E-state index contributed by atoms with van der Waals surface area (Å²) in [4.78, 5) is 11.9. The summed E-state index contributed by atoms with van der Waals surface area (Å²) >= 11 is 5.99. The molecule has 20 heavy (non-hydrogen) atoms. The zero-order valence-electron chi connectivity index (χ0n) is 10.9. The molecule has 0 aliphatic rings. The van der Waals surface area contributed by atoms with E-state index in [4.69, 9.17) is 16.7 Å². The number of halogens is 1. The van der Waals surface area contributed by atoms with Crippen LogP contribution in [0.5, 0.6) is 0 Å². The summed E-state index contributed by atoms with van der Waals surface area (Å²) in [5.74, 6) is 0. The Kier molecular flexibility index (Phi) is 4.60. The predicted molar refractivity (Wildman–Crippen MR) is 78.1 cm³/mol. The van der Waals surface area contributed by atoms with E-state index in [1.807, 2.05) is 6.92 Å². The van der Waals surface area contributed by atoms with E-state index in [0.29, 0.717) is 22.9 Å². The highest BCUT2D eigenvalue weighted by atomic mass is 35.5. The Morgan fingerprint density at radius 1 is 1.45 bits per heavy atom. The van der Waals surface area contributed by atoms with Crippen molar-refractivity contribution in [2.75, 3.05) is 17.2 Å². The third kappa shape index (κ3) is 3.49. The number of carbonyl (C=O) groups is 1. The van der Waals surface area contributed by atoms with Gasteiger partial charge in [-0.1, -0.05) is 17.7 Å². The van der Waals surface area contributed by atoms with Gasteiger partial charge in [0.2, 0.25) is 0 Å². The maximum Gasteiger partial charge on any atom is 0.323 e. The van der Waals surface area contributed by atoms with E-state index in [0.717, 1.165) is 5.56 Å². The van der Waals surface area contributed by atoms with Gasteiger partial charge in [0.1, 0.15) is 0 Å². The maximum atomic E-state index is 11.9. The quantitative estimate of drug-likeness (QED) is 0.810. The Morgan fingerprint density at radius 2 is 2.25 bits per heavy atom. The molecule has 6 nitrogen and oxygen atoms in total. The van der Waals surface area contributed by atoms with Crippen LogP contribution in [0.15, 0.2) is 30.6 Å². The summed E-state index contributed by atoms with van der Waals surface area (Å²) in [5.41, 5.74) is 2.01. The van der Waals surface area contributed by atoms with Crippen LogP contribution in [-0.4, -0.2) is 27.5 Å². The summed E-state index contributed by atoms with van der Waals surface area (Å²) in [7, 11) is 0. The number of urea groups is 1. The van der Waals surface area contributed by atoms with E-state index < -0.39 is 0 Å². The minimum absolute atomic E-state index is 0.00493. The lowest BCUT2D eigenvalue weighted by Gasteiger charge is -2.09. The maximum absolute atomic E-state index is 11.9. The largest absolute Gasteiger partial charge is 0.394 e. The van der Waals surface area contributed by atoms with Crippen molar-refractivity contribution in [3.05, 3.63) is 41.2 Å². The first-order chi connectivity index (χ1) is 9.60. The molecule has 0 spiro atoms. The normalized spacial score (nSPS) is 10.3. The van der Waals surface area contributed by atoms with Gasteiger partial charge in [0, 0.05) is 16.9 Å². The first-order valence-electron chi connectivity index (χ1n) is 6.06. The van der Waals surface area contributed by atoms with E-state index in [-0.39, 0.29) is 12.6 Å². The molecule has 106 valence electrons. The molecule has 7 heteroatoms. The van der Waals surface area contributed by atoms with Gasteiger partial charge in [-0.05, 0) is 24.6 Å². The highest BCUT2D eigenvalue weighted by Gasteiger charge is 2.07. The monoisotopic (exact) mass is 294 g/mol. The Hall–Kier alpha value is -2.05. The second-order valence-corrected chi connectivity index (χ2v) is 4.61. The van der Waals surface area contributed by atoms with Crippen LogP contribution < -0.4 is 10.6 Å². The number of anilines is 2. The molecule has 2 aromatic rings. The molecule has 0 aliphatic carbocycles. The zero-order chi connectivity index (χ0) is 14.5. The average Bonchev–Trinajstić information content (AvgIpc) is 2.83. The summed E-state index contributed by atoms with van der Waals surface area (Å²) < 4.78 is 1.54. The Labute approximate surface area is 121 Å². The Morgan fingerprint density at radius 3 is 3.00 bits per heavy atom. The van der Waals surface area contributed by atoms with Crippen LogP contribution in [0.25, 0.3) is 0 Å². The van der Waals surface area contributed by atoms with Crippen LogP contribution in [0.2, 0.25) is 5.02 Å². The minimum Gasteiger partial charge on any atom is -0.394 e. The average molecular weight is 295 g/mol. The summed E-state index contributed by atoms with van der Waals surface area (Å²) in [6, 6.07) is 4.93. The van der Waals surface area contributed by atoms with Gasteiger partial charge in [0.25, 0.3) is 0 Å². The van der Waals surface area contributed by atoms with Crippen LogP contribution in [0.4, 0.5) is 16.2 Å². The molecule has 0 saturated carbocycles. The fourth-order valence-electron chi connectivity index (χ4n) is 1.68. The second kappa shape index (κ2) is 6.40. The van der Waals surface area contributed by atoms with E-state index in [9.17, 15) is 4.79 Å². The molecule has 0 aliphatic heterocycles. The van der Waals surface area contributed by atoms with Gasteiger partial charge in [-0.2, -0.15) is 5.10 Å². The first-order valence-corrected chi connectivity index (χ1v) is 6.44. The molecule has 2 amide bonds. The van der Waals surface area contributed by atoms with E-state index in [1.165, 1.54) is 6.20 Å². The number of aliphatic hydroxyl groups is 1. The van der Waals surface area contributed by atoms with Crippen LogP contribution in [0.1, 0.15) is 5.56 Å². The number of aliphatic hydroxyl groups excluding tert-OH is 1. The zero-order valence-corrected chi connectivity index (χ0v) is 11.7. The van der Waals surface area contributed by atoms with Gasteiger partial charge in [-0.15, -0.1) is 0 Å². The summed E-state index contributed by atoms with van der Waals surface area (Å²) in [5, 5.41) is 18.8. The number of rotatable bonds is 4. The lowest BCUT2D eigenvalue weighted by molar-refractivity contribution is 0.262. The molecule has 1 aromatic carbocycles. The molecule has 3 N–H and O–H groups in total. The van der Waals surface area contributed by atoms with Crippen molar-refractivity contribution in [2.24, 2.45) is 0 Å². The fourth-order valence-corrected chi connectivity index (χ4v) is 1.85. The standard InChI is InChI=1S/C13H15ClN4O2/c1-9-11(14)3-2-4-12(9)17-13(20)16-10-7-15-18(8-10)5-6-19/h2-4,7-8,19H,5-6H2,1H3,(H2,16,17,20). The highest BCUT2D eigenvalue weighted by molar-refractivity contribution is 6.31. The topological polar surface area (TPSA) is 79.2 Å². The lowest BCUT2D eigenvalue weighted by Crippen LogP contribution is -2.19. The number of aromatic nitrogens is 2. The van der Waals surface area contributed by atoms with Crippen molar-refractivity contribution < 1.29 is 9.90 Å². The first kappa shape index (κ1) is 14.4. The van der Waals surface area contributed by atoms with Crippen molar-refractivity contribution >= 4 is 29.0 Å². The van der Waals surface area contributed by atoms with Crippen molar-refractivity contribution in [3.8, 4) is 0 Å². The minimum atomic E-state index is -0.376. The van der Waals surface area contributed by atoms with Crippen molar-refractivity contribution in [1.82, 2.24) is 9.78 Å². The van der Waals surface area contributed by atoms with Gasteiger partial charge >= 0.3 is 6.03 Å². The number of nitrogens with zero attached hydrogens (tertiary/aromatic N) is 2. The van der Waals surface area contributed by atoms with E-state index in [2.05, 4.69) is 15.7 Å². The van der Waals surface area contributed by atoms with Crippen molar-refractivity contribution in [1.29, 1.82) is 0 Å². The lowest BCUT2D eigenvalue weighted by atomic mass is 10.2. The van der Waals surface area contributed by atoms with Crippen LogP contribution in [0.3, 0.4) is 0 Å². The third-order valence-electron chi connectivity index (χ3n) is 2.74. The molecule has 0 unspecified atom stereocenters. The smallest absolute Gasteiger partial charge is 0.323 e. The Bertz CT molecular complexity index is 612. The number of hydrogen-bond donors (Lipinski definition) is 3. The highest BCUT2D eigenvalue weighted by Crippen LogP contribution is 2.23. The summed E-state index contributed by atoms with van der Waals surface area (Å²) in [6.07, 6.45) is 3.15. The Balaban J connectivity index is 1.99. The van der Waals surface area contributed by atoms with Gasteiger partial charge in [-0.3, -0.25) is 4.68 Å². The van der Waals surface area contributed by atoms with E-state index >= 15 is 0 Å². The number of nitrogens with one attached hydrogen (secondary N) is 2. The number of benzene rings is 1. The molecular weight excluding hydrogens is 280 g/mol. The number of amides is 2. The third-order valence-corrected chi connectivity index (χ3v) is 3.15.